The number of rotatable bonds is 1. The Balaban J connectivity index is 2.69. The van der Waals surface area contributed by atoms with Crippen molar-refractivity contribution >= 4 is 16.7 Å². The van der Waals surface area contributed by atoms with Crippen molar-refractivity contribution in [2.24, 2.45) is 0 Å². The zero-order valence-corrected chi connectivity index (χ0v) is 8.32. The fourth-order valence-electron chi connectivity index (χ4n) is 1.47. The van der Waals surface area contributed by atoms with Crippen LogP contribution in [0.15, 0.2) is 36.5 Å². The van der Waals surface area contributed by atoms with E-state index in [1.54, 1.807) is 19.2 Å². The topological polar surface area (TPSA) is 30.0 Å². The third-order valence-electron chi connectivity index (χ3n) is 2.13. The Kier molecular flexibility index (Phi) is 2.47. The van der Waals surface area contributed by atoms with Crippen molar-refractivity contribution in [2.45, 2.75) is 6.92 Å². The van der Waals surface area contributed by atoms with Crippen LogP contribution in [-0.2, 0) is 0 Å². The van der Waals surface area contributed by atoms with Crippen LogP contribution in [-0.4, -0.2) is 10.8 Å². The van der Waals surface area contributed by atoms with E-state index < -0.39 is 0 Å². The minimum Gasteiger partial charge on any atom is -0.279 e. The molecule has 0 spiro atoms. The minimum atomic E-state index is -0.156. The van der Waals surface area contributed by atoms with E-state index in [2.05, 4.69) is 16.8 Å². The van der Waals surface area contributed by atoms with E-state index in [1.165, 1.54) is 0 Å². The first-order valence-corrected chi connectivity index (χ1v) is 4.64. The molecule has 2 aromatic rings. The molecule has 0 unspecified atom stereocenters. The second-order valence-corrected chi connectivity index (χ2v) is 3.08. The highest BCUT2D eigenvalue weighted by atomic mass is 16.1. The maximum atomic E-state index is 11.7. The maximum Gasteiger partial charge on any atom is 0.236 e. The molecule has 1 heterocycles. The molecule has 0 saturated carbocycles. The molecule has 2 nitrogen and oxygen atoms in total. The largest absolute Gasteiger partial charge is 0.279 e. The molecule has 2 heteroatoms. The first kappa shape index (κ1) is 9.42. The summed E-state index contributed by atoms with van der Waals surface area (Å²) < 4.78 is 0. The molecule has 0 N–H and O–H groups in total. The van der Waals surface area contributed by atoms with Crippen molar-refractivity contribution in [1.82, 2.24) is 4.98 Å². The van der Waals surface area contributed by atoms with Gasteiger partial charge in [0, 0.05) is 17.1 Å². The molecule has 0 amide bonds. The van der Waals surface area contributed by atoms with Gasteiger partial charge in [-0.2, -0.15) is 0 Å². The van der Waals surface area contributed by atoms with E-state index in [4.69, 9.17) is 0 Å². The second kappa shape index (κ2) is 3.93. The lowest BCUT2D eigenvalue weighted by Gasteiger charge is -2.00. The monoisotopic (exact) mass is 195 g/mol. The molecule has 1 aromatic heterocycles. The molecule has 0 bridgehead atoms. The van der Waals surface area contributed by atoms with E-state index in [0.29, 0.717) is 5.56 Å². The van der Waals surface area contributed by atoms with Gasteiger partial charge >= 0.3 is 0 Å². The Morgan fingerprint density at radius 2 is 2.07 bits per heavy atom. The molecule has 0 aliphatic heterocycles. The number of fused-ring (bicyclic) bond motifs is 1. The van der Waals surface area contributed by atoms with Crippen molar-refractivity contribution in [3.05, 3.63) is 42.1 Å². The van der Waals surface area contributed by atoms with Crippen LogP contribution in [0.3, 0.4) is 0 Å². The fraction of sp³-hybridized carbons (Fsp3) is 0.0769. The van der Waals surface area contributed by atoms with Gasteiger partial charge in [0.25, 0.3) is 0 Å². The van der Waals surface area contributed by atoms with Crippen molar-refractivity contribution in [3.8, 4) is 11.8 Å². The standard InChI is InChI=1S/C13H9NO/c1-2-5-13(15)11-8-9-14-12-7-4-3-6-10(11)12/h3-4,6-9H,1H3. The quantitative estimate of drug-likeness (QED) is 0.397. The van der Waals surface area contributed by atoms with Crippen LogP contribution in [0.1, 0.15) is 17.3 Å². The van der Waals surface area contributed by atoms with E-state index in [-0.39, 0.29) is 5.78 Å². The van der Waals surface area contributed by atoms with Gasteiger partial charge in [-0.15, -0.1) is 0 Å². The summed E-state index contributed by atoms with van der Waals surface area (Å²) in [6.45, 7) is 1.65. The molecule has 2 rings (SSSR count). The number of pyridine rings is 1. The van der Waals surface area contributed by atoms with Gasteiger partial charge in [0.2, 0.25) is 5.78 Å². The molecule has 15 heavy (non-hydrogen) atoms. The van der Waals surface area contributed by atoms with Crippen LogP contribution < -0.4 is 0 Å². The summed E-state index contributed by atoms with van der Waals surface area (Å²) >= 11 is 0. The predicted molar refractivity (Wildman–Crippen MR) is 59.5 cm³/mol. The van der Waals surface area contributed by atoms with Crippen LogP contribution in [0.2, 0.25) is 0 Å². The predicted octanol–water partition coefficient (Wildman–Crippen LogP) is 2.44. The van der Waals surface area contributed by atoms with Gasteiger partial charge in [0.1, 0.15) is 0 Å². The molecule has 0 aliphatic carbocycles. The highest BCUT2D eigenvalue weighted by Gasteiger charge is 2.06. The molecule has 0 saturated heterocycles. The molecule has 0 fully saturated rings. The summed E-state index contributed by atoms with van der Waals surface area (Å²) in [6.07, 6.45) is 1.63. The van der Waals surface area contributed by atoms with Gasteiger partial charge < -0.3 is 0 Å². The van der Waals surface area contributed by atoms with E-state index in [0.717, 1.165) is 10.9 Å². The number of ketones is 1. The number of benzene rings is 1. The molecular weight excluding hydrogens is 186 g/mol. The molecule has 0 aliphatic rings. The van der Waals surface area contributed by atoms with Crippen molar-refractivity contribution in [3.63, 3.8) is 0 Å². The number of hydrogen-bond acceptors (Lipinski definition) is 2. The first-order valence-electron chi connectivity index (χ1n) is 4.64. The van der Waals surface area contributed by atoms with E-state index in [1.807, 2.05) is 24.3 Å². The Bertz CT molecular complexity index is 570. The van der Waals surface area contributed by atoms with Gasteiger partial charge in [-0.25, -0.2) is 0 Å². The normalized spacial score (nSPS) is 9.40. The lowest BCUT2D eigenvalue weighted by molar-refractivity contribution is 0.105. The lowest BCUT2D eigenvalue weighted by Crippen LogP contribution is -1.96. The summed E-state index contributed by atoms with van der Waals surface area (Å²) in [5.74, 6) is 4.99. The highest BCUT2D eigenvalue weighted by molar-refractivity contribution is 6.15. The van der Waals surface area contributed by atoms with Crippen molar-refractivity contribution < 1.29 is 4.79 Å². The summed E-state index contributed by atoms with van der Waals surface area (Å²) in [6, 6.07) is 9.25. The van der Waals surface area contributed by atoms with Crippen LogP contribution in [0.5, 0.6) is 0 Å². The first-order chi connectivity index (χ1) is 7.33. The van der Waals surface area contributed by atoms with Gasteiger partial charge in [-0.3, -0.25) is 9.78 Å². The summed E-state index contributed by atoms with van der Waals surface area (Å²) in [5.41, 5.74) is 1.44. The van der Waals surface area contributed by atoms with Crippen LogP contribution >= 0.6 is 0 Å². The van der Waals surface area contributed by atoms with Gasteiger partial charge in [0.05, 0.1) is 5.52 Å². The number of hydrogen-bond donors (Lipinski definition) is 0. The van der Waals surface area contributed by atoms with E-state index in [9.17, 15) is 4.79 Å². The number of carbonyl (C=O) groups excluding carboxylic acids is 1. The molecule has 72 valence electrons. The van der Waals surface area contributed by atoms with Crippen LogP contribution in [0, 0.1) is 11.8 Å². The van der Waals surface area contributed by atoms with E-state index >= 15 is 0 Å². The molecule has 0 atom stereocenters. The Morgan fingerprint density at radius 3 is 2.87 bits per heavy atom. The Hall–Kier alpha value is -2.14. The van der Waals surface area contributed by atoms with Crippen molar-refractivity contribution in [1.29, 1.82) is 0 Å². The number of aromatic nitrogens is 1. The third-order valence-corrected chi connectivity index (χ3v) is 2.13. The SMILES string of the molecule is CC#CC(=O)c1ccnc2ccccc12. The Morgan fingerprint density at radius 1 is 1.27 bits per heavy atom. The lowest BCUT2D eigenvalue weighted by atomic mass is 10.1. The number of carbonyl (C=O) groups is 1. The Labute approximate surface area is 88.0 Å². The highest BCUT2D eigenvalue weighted by Crippen LogP contribution is 2.16. The smallest absolute Gasteiger partial charge is 0.236 e. The number of nitrogens with zero attached hydrogens (tertiary/aromatic N) is 1. The zero-order valence-electron chi connectivity index (χ0n) is 8.32. The second-order valence-electron chi connectivity index (χ2n) is 3.08. The maximum absolute atomic E-state index is 11.7. The summed E-state index contributed by atoms with van der Waals surface area (Å²) in [4.78, 5) is 15.8. The van der Waals surface area contributed by atoms with Crippen LogP contribution in [0.4, 0.5) is 0 Å². The number of para-hydroxylation sites is 1. The molecular formula is C13H9NO. The minimum absolute atomic E-state index is 0.156. The van der Waals surface area contributed by atoms with Crippen molar-refractivity contribution in [2.75, 3.05) is 0 Å². The van der Waals surface area contributed by atoms with Gasteiger partial charge in [-0.05, 0) is 25.0 Å². The molecule has 0 radical (unpaired) electrons. The van der Waals surface area contributed by atoms with Crippen LogP contribution in [0.25, 0.3) is 10.9 Å². The van der Waals surface area contributed by atoms with Gasteiger partial charge in [0.15, 0.2) is 0 Å². The third kappa shape index (κ3) is 1.72. The summed E-state index contributed by atoms with van der Waals surface area (Å²) in [5, 5.41) is 0.854. The number of Topliss-reactive ketones (excluding diaryl/α,β-unsaturated/α-hetero) is 1. The summed E-state index contributed by atoms with van der Waals surface area (Å²) in [7, 11) is 0. The average molecular weight is 195 g/mol. The fourth-order valence-corrected chi connectivity index (χ4v) is 1.47. The molecule has 1 aromatic carbocycles. The van der Waals surface area contributed by atoms with Gasteiger partial charge in [-0.1, -0.05) is 24.1 Å². The zero-order chi connectivity index (χ0) is 10.7. The average Bonchev–Trinajstić information content (AvgIpc) is 2.28.